The summed E-state index contributed by atoms with van der Waals surface area (Å²) in [7, 11) is 1.54. The van der Waals surface area contributed by atoms with Crippen LogP contribution >= 0.6 is 23.2 Å². The zero-order valence-electron chi connectivity index (χ0n) is 38.5. The third-order valence-corrected chi connectivity index (χ3v) is 12.0. The maximum absolute atomic E-state index is 13.3. The van der Waals surface area contributed by atoms with Crippen molar-refractivity contribution in [3.63, 3.8) is 0 Å². The van der Waals surface area contributed by atoms with Gasteiger partial charge in [0.1, 0.15) is 39.8 Å². The molecule has 0 spiro atoms. The van der Waals surface area contributed by atoms with E-state index in [-0.39, 0.29) is 69.5 Å². The number of hydrogen-bond donors (Lipinski definition) is 3. The largest absolute Gasteiger partial charge is 0.481 e. The molecule has 1 aliphatic rings. The normalized spacial score (nSPS) is 14.7. The number of aliphatic hydroxyl groups is 1. The van der Waals surface area contributed by atoms with Crippen LogP contribution in [-0.4, -0.2) is 76.2 Å². The van der Waals surface area contributed by atoms with E-state index in [1.165, 1.54) is 31.4 Å². The molecule has 2 aromatic heterocycles. The van der Waals surface area contributed by atoms with Gasteiger partial charge < -0.3 is 29.2 Å². The number of ether oxygens (including phenoxy) is 1. The van der Waals surface area contributed by atoms with Crippen molar-refractivity contribution in [3.05, 3.63) is 140 Å². The molecule has 352 valence electrons. The van der Waals surface area contributed by atoms with Crippen molar-refractivity contribution in [3.8, 4) is 23.7 Å². The summed E-state index contributed by atoms with van der Waals surface area (Å²) in [6.45, 7) is 9.34. The number of nitrogens with zero attached hydrogens (tertiary/aromatic N) is 4. The molecular weight excluding hydrogens is 898 g/mol. The lowest BCUT2D eigenvalue weighted by Gasteiger charge is -2.25. The Bertz CT molecular complexity index is 2690. The highest BCUT2D eigenvalue weighted by Crippen LogP contribution is 2.33. The maximum atomic E-state index is 13.3. The summed E-state index contributed by atoms with van der Waals surface area (Å²) in [5.41, 5.74) is 3.03. The predicted octanol–water partition coefficient (Wildman–Crippen LogP) is 9.88. The fourth-order valence-corrected chi connectivity index (χ4v) is 7.80. The molecule has 3 aromatic carbocycles. The van der Waals surface area contributed by atoms with Crippen molar-refractivity contribution in [2.75, 3.05) is 7.11 Å². The summed E-state index contributed by atoms with van der Waals surface area (Å²) in [6, 6.07) is 20.3. The Balaban J connectivity index is 0.000000251. The fourth-order valence-electron chi connectivity index (χ4n) is 7.34. The lowest BCUT2D eigenvalue weighted by molar-refractivity contribution is -0.143. The maximum Gasteiger partial charge on any atom is 0.335 e. The average molecular weight is 954 g/mol. The fraction of sp³-hybridized carbons (Fsp3) is 0.385. The molecule has 0 unspecified atom stereocenters. The number of aromatic nitrogens is 4. The number of methoxy groups -OCH3 is 1. The molecule has 0 amide bonds. The van der Waals surface area contributed by atoms with Gasteiger partial charge in [-0.3, -0.25) is 14.4 Å². The first-order valence-electron chi connectivity index (χ1n) is 21.9. The minimum Gasteiger partial charge on any atom is -0.481 e. The molecule has 3 N–H and O–H groups in total. The van der Waals surface area contributed by atoms with E-state index in [0.717, 1.165) is 35.1 Å². The molecule has 0 saturated heterocycles. The highest BCUT2D eigenvalue weighted by Gasteiger charge is 2.28. The lowest BCUT2D eigenvalue weighted by Crippen LogP contribution is -2.22. The summed E-state index contributed by atoms with van der Waals surface area (Å²) in [6.07, 6.45) is 4.50. The number of carbonyl (C=O) groups excluding carboxylic acids is 2. The van der Waals surface area contributed by atoms with Crippen LogP contribution in [0.2, 0.25) is 10.6 Å². The van der Waals surface area contributed by atoms with E-state index in [4.69, 9.17) is 33.0 Å². The van der Waals surface area contributed by atoms with E-state index in [1.54, 1.807) is 61.1 Å². The molecule has 2 heterocycles. The second kappa shape index (κ2) is 23.1. The zero-order chi connectivity index (χ0) is 49.1. The van der Waals surface area contributed by atoms with Crippen LogP contribution in [0.4, 0.5) is 4.39 Å². The van der Waals surface area contributed by atoms with Crippen molar-refractivity contribution in [1.29, 1.82) is 0 Å². The van der Waals surface area contributed by atoms with E-state index in [0.29, 0.717) is 50.3 Å². The first kappa shape index (κ1) is 51.9. The second-order valence-electron chi connectivity index (χ2n) is 17.7. The lowest BCUT2D eigenvalue weighted by atomic mass is 9.79. The quantitative estimate of drug-likeness (QED) is 0.0677. The van der Waals surface area contributed by atoms with Crippen LogP contribution in [-0.2, 0) is 29.0 Å². The zero-order valence-corrected chi connectivity index (χ0v) is 40.0. The number of hydrogen-bond acceptors (Lipinski definition) is 8. The summed E-state index contributed by atoms with van der Waals surface area (Å²) in [4.78, 5) is 57.5. The predicted molar refractivity (Wildman–Crippen MR) is 254 cm³/mol. The Labute approximate surface area is 400 Å². The Hall–Kier alpha value is -6.09. The van der Waals surface area contributed by atoms with Gasteiger partial charge in [0.25, 0.3) is 0 Å². The van der Waals surface area contributed by atoms with Crippen LogP contribution in [0.1, 0.15) is 138 Å². The van der Waals surface area contributed by atoms with Gasteiger partial charge in [-0.1, -0.05) is 65.9 Å². The number of rotatable bonds is 15. The molecule has 0 bridgehead atoms. The van der Waals surface area contributed by atoms with Crippen LogP contribution in [0.3, 0.4) is 0 Å². The van der Waals surface area contributed by atoms with Gasteiger partial charge in [-0.15, -0.1) is 0 Å². The van der Waals surface area contributed by atoms with Crippen molar-refractivity contribution in [2.45, 2.75) is 110 Å². The molecule has 0 atom stereocenters. The van der Waals surface area contributed by atoms with Gasteiger partial charge in [0, 0.05) is 20.0 Å². The van der Waals surface area contributed by atoms with Gasteiger partial charge >= 0.3 is 11.9 Å². The first-order chi connectivity index (χ1) is 31.6. The van der Waals surface area contributed by atoms with Crippen LogP contribution < -0.4 is 0 Å². The van der Waals surface area contributed by atoms with E-state index in [1.807, 2.05) is 31.2 Å². The van der Waals surface area contributed by atoms with E-state index in [2.05, 4.69) is 33.6 Å². The van der Waals surface area contributed by atoms with Gasteiger partial charge in [0.05, 0.1) is 24.6 Å². The Morgan fingerprint density at radius 1 is 0.731 bits per heavy atom. The van der Waals surface area contributed by atoms with Gasteiger partial charge in [-0.05, 0) is 155 Å². The summed E-state index contributed by atoms with van der Waals surface area (Å²) < 4.78 is 21.9. The summed E-state index contributed by atoms with van der Waals surface area (Å²) >= 11 is 12.8. The standard InChI is InChI=1S/C26H24ClFN2O4.C26H31ClN2O4/c1-26(2,34-3)15-14-21-23(22(31)13-8-17-4-9-19(10-5-17)24(32)33)30(25(27)29-21)16-18-6-11-20(28)12-7-18;1-17-4-6-19(7-5-17)16-29-23(21(28-25(29)27)14-15-26(2,3)33)22(30)13-10-18-8-11-20(12-9-18)24(31)32/h4-7,9-12H,8,13,16H2,1-3H3,(H,32,33);4-7,18,20,33H,8-13,16H2,1-3H3,(H,31,32). The number of carboxylic acids is 2. The monoisotopic (exact) mass is 952 g/mol. The average Bonchev–Trinajstić information content (AvgIpc) is 3.78. The number of halogens is 3. The Morgan fingerprint density at radius 3 is 1.69 bits per heavy atom. The van der Waals surface area contributed by atoms with Crippen LogP contribution in [0.15, 0.2) is 72.8 Å². The topological polar surface area (TPSA) is 174 Å². The molecule has 5 aromatic rings. The summed E-state index contributed by atoms with van der Waals surface area (Å²) in [5.74, 6) is 9.10. The number of carboxylic acid groups (broad SMARTS) is 2. The number of imidazole rings is 2. The number of aliphatic carboxylic acids is 1. The number of ketones is 2. The van der Waals surface area contributed by atoms with Crippen molar-refractivity contribution in [1.82, 2.24) is 19.1 Å². The molecule has 1 fully saturated rings. The van der Waals surface area contributed by atoms with Crippen LogP contribution in [0.5, 0.6) is 0 Å². The molecule has 1 saturated carbocycles. The van der Waals surface area contributed by atoms with E-state index >= 15 is 0 Å². The van der Waals surface area contributed by atoms with Crippen molar-refractivity contribution < 1.29 is 43.6 Å². The molecule has 1 aliphatic carbocycles. The van der Waals surface area contributed by atoms with Gasteiger partial charge in [-0.25, -0.2) is 19.2 Å². The molecule has 0 aliphatic heterocycles. The third kappa shape index (κ3) is 15.2. The SMILES string of the molecule is COC(C)(C)C#Cc1nc(Cl)n(Cc2ccc(F)cc2)c1C(=O)CCc1ccc(C(=O)O)cc1.Cc1ccc(Cn2c(Cl)nc(C#CC(C)(C)O)c2C(=O)CCC2CCC(C(=O)O)CC2)cc1. The molecule has 0 radical (unpaired) electrons. The highest BCUT2D eigenvalue weighted by molar-refractivity contribution is 6.29. The van der Waals surface area contributed by atoms with Crippen LogP contribution in [0.25, 0.3) is 0 Å². The number of benzene rings is 3. The Kier molecular flexibility index (Phi) is 17.9. The van der Waals surface area contributed by atoms with E-state index in [9.17, 15) is 33.8 Å². The number of aromatic carboxylic acids is 1. The number of Topliss-reactive ketones (excluding diaryl/α,β-unsaturated/α-hetero) is 2. The molecule has 12 nitrogen and oxygen atoms in total. The third-order valence-electron chi connectivity index (χ3n) is 11.4. The number of carbonyl (C=O) groups is 4. The minimum absolute atomic E-state index is 0.0954. The van der Waals surface area contributed by atoms with Crippen molar-refractivity contribution in [2.24, 2.45) is 11.8 Å². The van der Waals surface area contributed by atoms with Gasteiger partial charge in [-0.2, -0.15) is 0 Å². The summed E-state index contributed by atoms with van der Waals surface area (Å²) in [5, 5.41) is 28.5. The second-order valence-corrected chi connectivity index (χ2v) is 18.3. The highest BCUT2D eigenvalue weighted by atomic mass is 35.5. The van der Waals surface area contributed by atoms with Crippen LogP contribution in [0, 0.1) is 48.3 Å². The first-order valence-corrected chi connectivity index (χ1v) is 22.7. The molecular formula is C52H55Cl2FN4O8. The molecule has 6 rings (SSSR count). The van der Waals surface area contributed by atoms with Crippen molar-refractivity contribution >= 4 is 46.7 Å². The van der Waals surface area contributed by atoms with Gasteiger partial charge in [0.15, 0.2) is 11.6 Å². The molecule has 15 heteroatoms. The van der Waals surface area contributed by atoms with E-state index < -0.39 is 23.1 Å². The minimum atomic E-state index is -1.23. The molecule has 67 heavy (non-hydrogen) atoms. The smallest absolute Gasteiger partial charge is 0.335 e. The van der Waals surface area contributed by atoms with Gasteiger partial charge in [0.2, 0.25) is 10.6 Å². The Morgan fingerprint density at radius 2 is 1.21 bits per heavy atom. The number of aryl methyl sites for hydroxylation is 2.